The number of nitrogens with zero attached hydrogens (tertiary/aromatic N) is 1. The molecule has 1 aliphatic carbocycles. The van der Waals surface area contributed by atoms with Crippen LogP contribution >= 0.6 is 15.9 Å². The third-order valence-corrected chi connectivity index (χ3v) is 4.47. The number of hydrogen-bond donors (Lipinski definition) is 1. The Hall–Kier alpha value is -0.900. The molecule has 2 unspecified atom stereocenters. The molecule has 0 bridgehead atoms. The molecule has 1 N–H and O–H groups in total. The Labute approximate surface area is 117 Å². The summed E-state index contributed by atoms with van der Waals surface area (Å²) in [5, 5.41) is 3.10. The van der Waals surface area contributed by atoms with E-state index < -0.39 is 0 Å². The van der Waals surface area contributed by atoms with Gasteiger partial charge in [0.1, 0.15) is 5.69 Å². The van der Waals surface area contributed by atoms with E-state index in [-0.39, 0.29) is 11.9 Å². The Kier molecular flexibility index (Phi) is 4.75. The number of nitrogens with one attached hydrogen (secondary N) is 1. The standard InChI is InChI=1S/C14H19BrN2O/c1-10-6-5-9-13(16-10)14(18)17-12-8-4-2-3-7-11(12)15/h5-6,9,11-12H,2-4,7-8H2,1H3,(H,17,18). The van der Waals surface area contributed by atoms with Crippen molar-refractivity contribution < 1.29 is 4.79 Å². The number of alkyl halides is 1. The van der Waals surface area contributed by atoms with Gasteiger partial charge >= 0.3 is 0 Å². The van der Waals surface area contributed by atoms with Gasteiger partial charge in [-0.25, -0.2) is 4.98 Å². The van der Waals surface area contributed by atoms with Crippen LogP contribution in [-0.2, 0) is 0 Å². The van der Waals surface area contributed by atoms with Crippen LogP contribution in [0, 0.1) is 6.92 Å². The summed E-state index contributed by atoms with van der Waals surface area (Å²) >= 11 is 3.69. The summed E-state index contributed by atoms with van der Waals surface area (Å²) in [4.78, 5) is 16.8. The first-order valence-electron chi connectivity index (χ1n) is 6.55. The van der Waals surface area contributed by atoms with Crippen molar-refractivity contribution in [3.63, 3.8) is 0 Å². The van der Waals surface area contributed by atoms with Gasteiger partial charge in [-0.3, -0.25) is 4.79 Å². The van der Waals surface area contributed by atoms with E-state index in [1.54, 1.807) is 6.07 Å². The Balaban J connectivity index is 2.01. The summed E-state index contributed by atoms with van der Waals surface area (Å²) in [6.07, 6.45) is 5.87. The van der Waals surface area contributed by atoms with Crippen LogP contribution in [0.3, 0.4) is 0 Å². The van der Waals surface area contributed by atoms with Gasteiger partial charge in [-0.1, -0.05) is 41.3 Å². The Morgan fingerprint density at radius 3 is 2.89 bits per heavy atom. The minimum Gasteiger partial charge on any atom is -0.347 e. The van der Waals surface area contributed by atoms with Crippen molar-refractivity contribution in [3.8, 4) is 0 Å². The third-order valence-electron chi connectivity index (χ3n) is 3.37. The summed E-state index contributed by atoms with van der Waals surface area (Å²) in [5.41, 5.74) is 1.39. The van der Waals surface area contributed by atoms with E-state index in [0.29, 0.717) is 10.5 Å². The molecule has 1 saturated carbocycles. The van der Waals surface area contributed by atoms with Gasteiger partial charge < -0.3 is 5.32 Å². The van der Waals surface area contributed by atoms with Crippen LogP contribution in [0.2, 0.25) is 0 Å². The predicted octanol–water partition coefficient (Wildman–Crippen LogP) is 3.22. The zero-order chi connectivity index (χ0) is 13.0. The van der Waals surface area contributed by atoms with E-state index in [9.17, 15) is 4.79 Å². The topological polar surface area (TPSA) is 42.0 Å². The lowest BCUT2D eigenvalue weighted by atomic mass is 10.1. The first-order chi connectivity index (χ1) is 8.66. The van der Waals surface area contributed by atoms with Gasteiger partial charge in [0.05, 0.1) is 0 Å². The Morgan fingerprint density at radius 2 is 2.11 bits per heavy atom. The zero-order valence-electron chi connectivity index (χ0n) is 10.7. The Morgan fingerprint density at radius 1 is 1.33 bits per heavy atom. The molecule has 0 spiro atoms. The SMILES string of the molecule is Cc1cccc(C(=O)NC2CCCCCC2Br)n1. The van der Waals surface area contributed by atoms with Gasteiger partial charge in [-0.05, 0) is 31.9 Å². The van der Waals surface area contributed by atoms with E-state index in [0.717, 1.165) is 18.5 Å². The fourth-order valence-corrected chi connectivity index (χ4v) is 3.06. The lowest BCUT2D eigenvalue weighted by Gasteiger charge is -2.21. The molecule has 98 valence electrons. The Bertz CT molecular complexity index is 422. The van der Waals surface area contributed by atoms with Crippen molar-refractivity contribution in [2.24, 2.45) is 0 Å². The van der Waals surface area contributed by atoms with Gasteiger partial charge in [0, 0.05) is 16.6 Å². The van der Waals surface area contributed by atoms with Crippen molar-refractivity contribution >= 4 is 21.8 Å². The minimum atomic E-state index is -0.0601. The average molecular weight is 311 g/mol. The average Bonchev–Trinajstić information content (AvgIpc) is 2.55. The van der Waals surface area contributed by atoms with Gasteiger partial charge in [0.2, 0.25) is 0 Å². The highest BCUT2D eigenvalue weighted by Gasteiger charge is 2.23. The van der Waals surface area contributed by atoms with Crippen LogP contribution in [-0.4, -0.2) is 21.8 Å². The fraction of sp³-hybridized carbons (Fsp3) is 0.571. The number of aryl methyl sites for hydroxylation is 1. The molecule has 2 atom stereocenters. The molecule has 1 amide bonds. The molecule has 2 rings (SSSR count). The van der Waals surface area contributed by atoms with Gasteiger partial charge in [0.15, 0.2) is 0 Å². The molecule has 3 nitrogen and oxygen atoms in total. The summed E-state index contributed by atoms with van der Waals surface area (Å²) in [5.74, 6) is -0.0601. The van der Waals surface area contributed by atoms with E-state index in [1.165, 1.54) is 19.3 Å². The normalized spacial score (nSPS) is 24.3. The summed E-state index contributed by atoms with van der Waals surface area (Å²) < 4.78 is 0. The summed E-state index contributed by atoms with van der Waals surface area (Å²) in [6, 6.07) is 5.76. The number of amides is 1. The second kappa shape index (κ2) is 6.32. The molecule has 0 aromatic carbocycles. The van der Waals surface area contributed by atoms with Crippen LogP contribution in [0.25, 0.3) is 0 Å². The number of rotatable bonds is 2. The molecule has 1 fully saturated rings. The van der Waals surface area contributed by atoms with E-state index in [1.807, 2.05) is 19.1 Å². The van der Waals surface area contributed by atoms with Crippen LogP contribution < -0.4 is 5.32 Å². The maximum atomic E-state index is 12.1. The summed E-state index contributed by atoms with van der Waals surface area (Å²) in [6.45, 7) is 1.90. The van der Waals surface area contributed by atoms with E-state index in [4.69, 9.17) is 0 Å². The number of aromatic nitrogens is 1. The lowest BCUT2D eigenvalue weighted by Crippen LogP contribution is -2.40. The number of hydrogen-bond acceptors (Lipinski definition) is 2. The second-order valence-corrected chi connectivity index (χ2v) is 6.07. The number of carbonyl (C=O) groups excluding carboxylic acids is 1. The molecular weight excluding hydrogens is 292 g/mol. The number of carbonyl (C=O) groups is 1. The first kappa shape index (κ1) is 13.5. The first-order valence-corrected chi connectivity index (χ1v) is 7.47. The molecule has 18 heavy (non-hydrogen) atoms. The highest BCUT2D eigenvalue weighted by molar-refractivity contribution is 9.09. The van der Waals surface area contributed by atoms with E-state index >= 15 is 0 Å². The minimum absolute atomic E-state index is 0.0601. The maximum Gasteiger partial charge on any atom is 0.270 e. The lowest BCUT2D eigenvalue weighted by molar-refractivity contribution is 0.0929. The van der Waals surface area contributed by atoms with Crippen LogP contribution in [0.5, 0.6) is 0 Å². The molecular formula is C14H19BrN2O. The quantitative estimate of drug-likeness (QED) is 0.673. The fourth-order valence-electron chi connectivity index (χ4n) is 2.34. The van der Waals surface area contributed by atoms with Crippen LogP contribution in [0.15, 0.2) is 18.2 Å². The zero-order valence-corrected chi connectivity index (χ0v) is 12.2. The molecule has 4 heteroatoms. The van der Waals surface area contributed by atoms with Crippen LogP contribution in [0.1, 0.15) is 48.3 Å². The van der Waals surface area contributed by atoms with E-state index in [2.05, 4.69) is 26.2 Å². The third kappa shape index (κ3) is 3.55. The molecule has 1 aliphatic rings. The molecule has 1 aromatic heterocycles. The number of halogens is 1. The molecule has 0 radical (unpaired) electrons. The predicted molar refractivity (Wildman–Crippen MR) is 76.0 cm³/mol. The van der Waals surface area contributed by atoms with Gasteiger partial charge in [-0.2, -0.15) is 0 Å². The largest absolute Gasteiger partial charge is 0.347 e. The van der Waals surface area contributed by atoms with Gasteiger partial charge in [-0.15, -0.1) is 0 Å². The van der Waals surface area contributed by atoms with Crippen molar-refractivity contribution in [1.29, 1.82) is 0 Å². The maximum absolute atomic E-state index is 12.1. The molecule has 0 saturated heterocycles. The van der Waals surface area contributed by atoms with Gasteiger partial charge in [0.25, 0.3) is 5.91 Å². The number of pyridine rings is 1. The highest BCUT2D eigenvalue weighted by Crippen LogP contribution is 2.23. The molecule has 1 heterocycles. The smallest absolute Gasteiger partial charge is 0.270 e. The van der Waals surface area contributed by atoms with Crippen molar-refractivity contribution in [2.75, 3.05) is 0 Å². The van der Waals surface area contributed by atoms with Crippen molar-refractivity contribution in [2.45, 2.75) is 49.9 Å². The molecule has 1 aromatic rings. The highest BCUT2D eigenvalue weighted by atomic mass is 79.9. The molecule has 0 aliphatic heterocycles. The van der Waals surface area contributed by atoms with Crippen LogP contribution in [0.4, 0.5) is 0 Å². The second-order valence-electron chi connectivity index (χ2n) is 4.90. The monoisotopic (exact) mass is 310 g/mol. The summed E-state index contributed by atoms with van der Waals surface area (Å²) in [7, 11) is 0. The van der Waals surface area contributed by atoms with Crippen molar-refractivity contribution in [3.05, 3.63) is 29.6 Å². The van der Waals surface area contributed by atoms with Crippen molar-refractivity contribution in [1.82, 2.24) is 10.3 Å².